The standard InChI is InChI=1S/C14H14N4S.ClH.Ni/c1-11(13-9-5-6-10-15-13)17-18-14(19)16-12-7-3-2-4-8-12;;/h2-10H,1H3,(H2,15,16,18,19);1H;/q;;+1/p-1. The van der Waals surface area contributed by atoms with E-state index in [4.69, 9.17) is 0 Å². The van der Waals surface area contributed by atoms with Crippen LogP contribution in [-0.4, -0.2) is 15.8 Å². The molecule has 21 heavy (non-hydrogen) atoms. The van der Waals surface area contributed by atoms with Gasteiger partial charge in [0.05, 0.1) is 5.69 Å². The number of nitrogens with zero attached hydrogens (tertiary/aromatic N) is 3. The number of anilines is 1. The van der Waals surface area contributed by atoms with E-state index in [9.17, 15) is 0 Å². The summed E-state index contributed by atoms with van der Waals surface area (Å²) in [6, 6.07) is 15.3. The first-order chi connectivity index (χ1) is 10.3. The van der Waals surface area contributed by atoms with E-state index in [0.717, 1.165) is 17.1 Å². The monoisotopic (exact) mass is 363 g/mol. The molecule has 0 fully saturated rings. The second-order valence-corrected chi connectivity index (χ2v) is 4.24. The van der Waals surface area contributed by atoms with Crippen LogP contribution in [0.3, 0.4) is 0 Å². The van der Waals surface area contributed by atoms with E-state index < -0.39 is 0 Å². The first kappa shape index (κ1) is 17.6. The molecule has 0 unspecified atom stereocenters. The molecule has 0 aliphatic rings. The minimum absolute atomic E-state index is 0.432. The van der Waals surface area contributed by atoms with Crippen molar-refractivity contribution in [1.29, 1.82) is 0 Å². The van der Waals surface area contributed by atoms with Gasteiger partial charge in [0.25, 0.3) is 0 Å². The van der Waals surface area contributed by atoms with Crippen molar-refractivity contribution in [2.75, 3.05) is 5.32 Å². The van der Waals surface area contributed by atoms with Crippen LogP contribution in [-0.2, 0) is 26.8 Å². The second kappa shape index (κ2) is 10.3. The zero-order chi connectivity index (χ0) is 15.5. The maximum absolute atomic E-state index is 4.26. The summed E-state index contributed by atoms with van der Waals surface area (Å²) in [5, 5.41) is 7.56. The number of hydrogen-bond acceptors (Lipinski definition) is 2. The van der Waals surface area contributed by atoms with Gasteiger partial charge in [-0.1, -0.05) is 24.3 Å². The molecule has 4 nitrogen and oxygen atoms in total. The molecular formula is C14H14ClN4NiS. The second-order valence-electron chi connectivity index (χ2n) is 3.82. The summed E-state index contributed by atoms with van der Waals surface area (Å²) in [5.74, 6) is 0. The van der Waals surface area contributed by atoms with Gasteiger partial charge in [-0.3, -0.25) is 4.98 Å². The average Bonchev–Trinajstić information content (AvgIpc) is 2.56. The summed E-state index contributed by atoms with van der Waals surface area (Å²) in [6.45, 7) is 1.86. The Balaban J connectivity index is 0.00000106. The van der Waals surface area contributed by atoms with Gasteiger partial charge < -0.3 is 15.8 Å². The molecule has 0 spiro atoms. The number of pyridine rings is 1. The van der Waals surface area contributed by atoms with Crippen LogP contribution in [0.4, 0.5) is 5.69 Å². The summed E-state index contributed by atoms with van der Waals surface area (Å²) < 4.78 is 0. The molecule has 1 N–H and O–H groups in total. The van der Waals surface area contributed by atoms with E-state index in [2.05, 4.69) is 57.8 Å². The Morgan fingerprint density at radius 3 is 2.48 bits per heavy atom. The van der Waals surface area contributed by atoms with Crippen molar-refractivity contribution < 1.29 is 14.6 Å². The molecule has 0 radical (unpaired) electrons. The van der Waals surface area contributed by atoms with Crippen LogP contribution in [0.1, 0.15) is 12.6 Å². The third-order valence-electron chi connectivity index (χ3n) is 2.36. The molecule has 0 aliphatic heterocycles. The fourth-order valence-electron chi connectivity index (χ4n) is 1.43. The van der Waals surface area contributed by atoms with Crippen LogP contribution < -0.4 is 5.32 Å². The van der Waals surface area contributed by atoms with Crippen LogP contribution in [0.25, 0.3) is 5.43 Å². The van der Waals surface area contributed by atoms with E-state index in [1.165, 1.54) is 0 Å². The van der Waals surface area contributed by atoms with E-state index in [0.29, 0.717) is 5.11 Å². The number of aromatic nitrogens is 1. The molecule has 113 valence electrons. The molecule has 0 bridgehead atoms. The minimum atomic E-state index is 0.432. The number of benzene rings is 1. The van der Waals surface area contributed by atoms with Gasteiger partial charge in [0.1, 0.15) is 0 Å². The average molecular weight is 365 g/mol. The number of hydrogen-bond donors (Lipinski definition) is 1. The van der Waals surface area contributed by atoms with Crippen molar-refractivity contribution in [3.8, 4) is 0 Å². The summed E-state index contributed by atoms with van der Waals surface area (Å²) in [5.41, 5.74) is 6.47. The summed E-state index contributed by atoms with van der Waals surface area (Å²) in [4.78, 5) is 4.20. The van der Waals surface area contributed by atoms with Crippen molar-refractivity contribution in [3.63, 3.8) is 0 Å². The van der Waals surface area contributed by atoms with E-state index >= 15 is 0 Å². The van der Waals surface area contributed by atoms with E-state index in [1.54, 1.807) is 6.20 Å². The van der Waals surface area contributed by atoms with Crippen molar-refractivity contribution in [3.05, 3.63) is 65.8 Å². The van der Waals surface area contributed by atoms with Crippen LogP contribution in [0.15, 0.2) is 59.8 Å². The Bertz CT molecular complexity index is 578. The van der Waals surface area contributed by atoms with Crippen molar-refractivity contribution >= 4 is 38.9 Å². The quantitative estimate of drug-likeness (QED) is 0.227. The third kappa shape index (κ3) is 6.67. The summed E-state index contributed by atoms with van der Waals surface area (Å²) in [7, 11) is 4.26. The molecule has 2 aromatic rings. The number of halogens is 1. The van der Waals surface area contributed by atoms with Gasteiger partial charge in [-0.2, -0.15) is 0 Å². The molecule has 0 aliphatic carbocycles. The molecule has 7 heteroatoms. The summed E-state index contributed by atoms with van der Waals surface area (Å²) >= 11 is 7.59. The number of nitrogens with one attached hydrogen (secondary N) is 1. The molecule has 0 amide bonds. The van der Waals surface area contributed by atoms with Gasteiger partial charge in [-0.05, 0) is 31.2 Å². The van der Waals surface area contributed by atoms with Gasteiger partial charge in [0, 0.05) is 17.6 Å². The maximum atomic E-state index is 4.26. The van der Waals surface area contributed by atoms with Crippen molar-refractivity contribution in [1.82, 2.24) is 4.98 Å². The SMILES string of the molecule is CC(=N[N-]C(=[SH+])Nc1ccccc1)c1ccccn1.[Cl][Ni]. The van der Waals surface area contributed by atoms with E-state index in [-0.39, 0.29) is 0 Å². The Hall–Kier alpha value is -1.49. The predicted molar refractivity (Wildman–Crippen MR) is 89.5 cm³/mol. The molecular weight excluding hydrogens is 350 g/mol. The van der Waals surface area contributed by atoms with Crippen LogP contribution in [0, 0.1) is 0 Å². The van der Waals surface area contributed by atoms with Crippen LogP contribution >= 0.6 is 10.2 Å². The van der Waals surface area contributed by atoms with E-state index in [1.807, 2.05) is 55.5 Å². The molecule has 0 saturated carbocycles. The molecule has 1 aromatic heterocycles. The molecule has 1 heterocycles. The van der Waals surface area contributed by atoms with Crippen LogP contribution in [0.5, 0.6) is 0 Å². The fourth-order valence-corrected chi connectivity index (χ4v) is 1.60. The third-order valence-corrected chi connectivity index (χ3v) is 2.56. The summed E-state index contributed by atoms with van der Waals surface area (Å²) in [6.07, 6.45) is 1.72. The predicted octanol–water partition coefficient (Wildman–Crippen LogP) is 3.35. The van der Waals surface area contributed by atoms with Gasteiger partial charge in [-0.15, -0.1) is 0 Å². The first-order valence-corrected chi connectivity index (χ1v) is 7.73. The number of thiol groups is 1. The van der Waals surface area contributed by atoms with Gasteiger partial charge in [-0.25, -0.2) is 0 Å². The fraction of sp³-hybridized carbons (Fsp3) is 0.0714. The normalized spacial score (nSPS) is 10.2. The molecule has 1 aromatic carbocycles. The Kier molecular flexibility index (Phi) is 8.59. The van der Waals surface area contributed by atoms with Crippen LogP contribution in [0.2, 0.25) is 0 Å². The molecule has 0 atom stereocenters. The van der Waals surface area contributed by atoms with Crippen molar-refractivity contribution in [2.24, 2.45) is 5.10 Å². The number of para-hydroxylation sites is 1. The topological polar surface area (TPSA) is 51.4 Å². The Labute approximate surface area is 141 Å². The zero-order valence-electron chi connectivity index (χ0n) is 11.2. The first-order valence-electron chi connectivity index (χ1n) is 5.92. The molecule has 2 rings (SSSR count). The van der Waals surface area contributed by atoms with Gasteiger partial charge in [0.2, 0.25) is 5.11 Å². The van der Waals surface area contributed by atoms with Gasteiger partial charge in [0.15, 0.2) is 12.2 Å². The Morgan fingerprint density at radius 1 is 1.19 bits per heavy atom. The number of rotatable bonds is 3. The zero-order valence-corrected chi connectivity index (χ0v) is 13.8. The van der Waals surface area contributed by atoms with Gasteiger partial charge >= 0.3 is 24.8 Å². The molecule has 0 saturated heterocycles. The van der Waals surface area contributed by atoms with Crippen molar-refractivity contribution in [2.45, 2.75) is 6.92 Å². The Morgan fingerprint density at radius 2 is 1.86 bits per heavy atom.